The van der Waals surface area contributed by atoms with Crippen molar-refractivity contribution < 1.29 is 23.1 Å². The highest BCUT2D eigenvalue weighted by Crippen LogP contribution is 2.21. The van der Waals surface area contributed by atoms with Gasteiger partial charge in [0.2, 0.25) is 15.9 Å². The summed E-state index contributed by atoms with van der Waals surface area (Å²) in [6.45, 7) is 3.76. The Morgan fingerprint density at radius 3 is 2.20 bits per heavy atom. The number of hydrogen-bond acceptors (Lipinski definition) is 4. The second kappa shape index (κ2) is 6.09. The number of nitrogens with zero attached hydrogens (tertiary/aromatic N) is 1. The molecule has 0 saturated carbocycles. The summed E-state index contributed by atoms with van der Waals surface area (Å²) in [6, 6.07) is 0. The third kappa shape index (κ3) is 3.92. The van der Waals surface area contributed by atoms with Gasteiger partial charge in [-0.3, -0.25) is 4.79 Å². The minimum Gasteiger partial charge on any atom is -0.480 e. The zero-order chi connectivity index (χ0) is 15.6. The Hall–Kier alpha value is -1.15. The van der Waals surface area contributed by atoms with Crippen LogP contribution in [0.25, 0.3) is 0 Å². The van der Waals surface area contributed by atoms with Gasteiger partial charge in [-0.1, -0.05) is 6.92 Å². The molecule has 0 spiro atoms. The van der Waals surface area contributed by atoms with E-state index in [-0.39, 0.29) is 18.2 Å². The fourth-order valence-corrected chi connectivity index (χ4v) is 2.99. The molecule has 7 nitrogen and oxygen atoms in total. The van der Waals surface area contributed by atoms with Crippen LogP contribution < -0.4 is 5.32 Å². The average Bonchev–Trinajstić information content (AvgIpc) is 2.37. The molecule has 8 heteroatoms. The lowest BCUT2D eigenvalue weighted by Crippen LogP contribution is -2.54. The molecule has 1 atom stereocenters. The molecule has 1 fully saturated rings. The molecule has 1 heterocycles. The third-order valence-corrected chi connectivity index (χ3v) is 5.18. The minimum atomic E-state index is -3.22. The van der Waals surface area contributed by atoms with E-state index in [9.17, 15) is 18.0 Å². The predicted octanol–water partition coefficient (Wildman–Crippen LogP) is 0.0275. The summed E-state index contributed by atoms with van der Waals surface area (Å²) in [6.07, 6.45) is 2.26. The first-order chi connectivity index (χ1) is 9.10. The van der Waals surface area contributed by atoms with Crippen molar-refractivity contribution in [2.45, 2.75) is 38.6 Å². The molecule has 20 heavy (non-hydrogen) atoms. The standard InChI is InChI=1S/C12H22N2O5S/c1-4-12(2,11(16)17)13-10(15)9-5-7-14(8-6-9)20(3,18)19/h9H,4-8H2,1-3H3,(H,13,15)(H,16,17). The number of carboxylic acids is 1. The molecule has 1 rings (SSSR count). The summed E-state index contributed by atoms with van der Waals surface area (Å²) in [5.74, 6) is -1.72. The normalized spacial score (nSPS) is 21.1. The molecule has 0 aromatic rings. The van der Waals surface area contributed by atoms with E-state index in [1.807, 2.05) is 0 Å². The van der Waals surface area contributed by atoms with Crippen LogP contribution in [-0.4, -0.2) is 54.6 Å². The summed E-state index contributed by atoms with van der Waals surface area (Å²) in [5, 5.41) is 11.7. The smallest absolute Gasteiger partial charge is 0.329 e. The number of rotatable bonds is 5. The molecule has 0 radical (unpaired) electrons. The molecule has 1 aliphatic rings. The molecule has 1 saturated heterocycles. The van der Waals surface area contributed by atoms with Crippen molar-refractivity contribution in [3.63, 3.8) is 0 Å². The second-order valence-electron chi connectivity index (χ2n) is 5.42. The lowest BCUT2D eigenvalue weighted by molar-refractivity contribution is -0.147. The van der Waals surface area contributed by atoms with Crippen LogP contribution in [0.15, 0.2) is 0 Å². The van der Waals surface area contributed by atoms with Gasteiger partial charge in [0.25, 0.3) is 0 Å². The van der Waals surface area contributed by atoms with Gasteiger partial charge in [-0.25, -0.2) is 17.5 Å². The first-order valence-electron chi connectivity index (χ1n) is 6.60. The van der Waals surface area contributed by atoms with E-state index in [1.165, 1.54) is 11.2 Å². The molecule has 0 aromatic carbocycles. The molecule has 1 unspecified atom stereocenters. The van der Waals surface area contributed by atoms with Gasteiger partial charge in [0.15, 0.2) is 0 Å². The maximum atomic E-state index is 12.1. The maximum Gasteiger partial charge on any atom is 0.329 e. The van der Waals surface area contributed by atoms with Crippen molar-refractivity contribution in [3.8, 4) is 0 Å². The van der Waals surface area contributed by atoms with Crippen LogP contribution in [0.2, 0.25) is 0 Å². The van der Waals surface area contributed by atoms with Gasteiger partial charge in [-0.2, -0.15) is 0 Å². The van der Waals surface area contributed by atoms with Crippen LogP contribution >= 0.6 is 0 Å². The summed E-state index contributed by atoms with van der Waals surface area (Å²) in [5.41, 5.74) is -1.27. The van der Waals surface area contributed by atoms with Crippen LogP contribution in [0.1, 0.15) is 33.1 Å². The maximum absolute atomic E-state index is 12.1. The first kappa shape index (κ1) is 16.9. The van der Waals surface area contributed by atoms with E-state index in [0.717, 1.165) is 6.26 Å². The van der Waals surface area contributed by atoms with Crippen LogP contribution in [0.4, 0.5) is 0 Å². The highest BCUT2D eigenvalue weighted by Gasteiger charge is 2.36. The van der Waals surface area contributed by atoms with Gasteiger partial charge in [-0.05, 0) is 26.2 Å². The minimum absolute atomic E-state index is 0.288. The van der Waals surface area contributed by atoms with E-state index in [0.29, 0.717) is 25.9 Å². The average molecular weight is 306 g/mol. The third-order valence-electron chi connectivity index (χ3n) is 3.87. The Bertz CT molecular complexity index is 482. The molecule has 2 N–H and O–H groups in total. The number of carboxylic acid groups (broad SMARTS) is 1. The fourth-order valence-electron chi connectivity index (χ4n) is 2.12. The molecule has 0 bridgehead atoms. The zero-order valence-corrected chi connectivity index (χ0v) is 12.9. The summed E-state index contributed by atoms with van der Waals surface area (Å²) < 4.78 is 24.1. The Morgan fingerprint density at radius 1 is 1.35 bits per heavy atom. The van der Waals surface area contributed by atoms with Gasteiger partial charge in [0.05, 0.1) is 6.26 Å². The highest BCUT2D eigenvalue weighted by atomic mass is 32.2. The van der Waals surface area contributed by atoms with Crippen LogP contribution in [0.5, 0.6) is 0 Å². The molecule has 0 aliphatic carbocycles. The number of aliphatic carboxylic acids is 1. The van der Waals surface area contributed by atoms with Crippen LogP contribution in [-0.2, 0) is 19.6 Å². The quantitative estimate of drug-likeness (QED) is 0.745. The number of hydrogen-bond donors (Lipinski definition) is 2. The van der Waals surface area contributed by atoms with Crippen molar-refractivity contribution >= 4 is 21.9 Å². The van der Waals surface area contributed by atoms with Gasteiger partial charge in [0, 0.05) is 19.0 Å². The number of piperidine rings is 1. The number of amides is 1. The van der Waals surface area contributed by atoms with Crippen molar-refractivity contribution in [2.24, 2.45) is 5.92 Å². The Kier molecular flexibility index (Phi) is 5.15. The topological polar surface area (TPSA) is 104 Å². The molecule has 1 aliphatic heterocycles. The fraction of sp³-hybridized carbons (Fsp3) is 0.833. The van der Waals surface area contributed by atoms with Gasteiger partial charge < -0.3 is 10.4 Å². The molecular weight excluding hydrogens is 284 g/mol. The van der Waals surface area contributed by atoms with E-state index in [4.69, 9.17) is 5.11 Å². The molecule has 0 aromatic heterocycles. The lowest BCUT2D eigenvalue weighted by Gasteiger charge is -2.32. The van der Waals surface area contributed by atoms with Crippen molar-refractivity contribution in [2.75, 3.05) is 19.3 Å². The van der Waals surface area contributed by atoms with Gasteiger partial charge in [0.1, 0.15) is 5.54 Å². The van der Waals surface area contributed by atoms with Gasteiger partial charge in [-0.15, -0.1) is 0 Å². The summed E-state index contributed by atoms with van der Waals surface area (Å²) in [7, 11) is -3.22. The number of carbonyl (C=O) groups excluding carboxylic acids is 1. The van der Waals surface area contributed by atoms with Crippen LogP contribution in [0.3, 0.4) is 0 Å². The van der Waals surface area contributed by atoms with Crippen LogP contribution in [0, 0.1) is 5.92 Å². The van der Waals surface area contributed by atoms with E-state index < -0.39 is 21.5 Å². The Labute approximate surface area is 119 Å². The molecular formula is C12H22N2O5S. The van der Waals surface area contributed by atoms with Crippen molar-refractivity contribution in [1.29, 1.82) is 0 Å². The van der Waals surface area contributed by atoms with Gasteiger partial charge >= 0.3 is 5.97 Å². The number of nitrogens with one attached hydrogen (secondary N) is 1. The molecule has 116 valence electrons. The summed E-state index contributed by atoms with van der Waals surface area (Å²) in [4.78, 5) is 23.2. The van der Waals surface area contributed by atoms with Crippen molar-refractivity contribution in [3.05, 3.63) is 0 Å². The Morgan fingerprint density at radius 2 is 1.85 bits per heavy atom. The van der Waals surface area contributed by atoms with E-state index in [2.05, 4.69) is 5.32 Å². The largest absolute Gasteiger partial charge is 0.480 e. The van der Waals surface area contributed by atoms with Crippen molar-refractivity contribution in [1.82, 2.24) is 9.62 Å². The first-order valence-corrected chi connectivity index (χ1v) is 8.45. The monoisotopic (exact) mass is 306 g/mol. The number of carbonyl (C=O) groups is 2. The van der Waals surface area contributed by atoms with E-state index in [1.54, 1.807) is 6.92 Å². The summed E-state index contributed by atoms with van der Waals surface area (Å²) >= 11 is 0. The van der Waals surface area contributed by atoms with E-state index >= 15 is 0 Å². The zero-order valence-electron chi connectivity index (χ0n) is 12.0. The lowest BCUT2D eigenvalue weighted by atomic mass is 9.93. The molecule has 1 amide bonds. The predicted molar refractivity (Wildman–Crippen MR) is 73.6 cm³/mol. The SMILES string of the molecule is CCC(C)(NC(=O)C1CCN(S(C)(=O)=O)CC1)C(=O)O. The number of sulfonamides is 1. The second-order valence-corrected chi connectivity index (χ2v) is 7.40. The highest BCUT2D eigenvalue weighted by molar-refractivity contribution is 7.88. The Balaban J connectivity index is 2.62.